The van der Waals surface area contributed by atoms with Crippen molar-refractivity contribution in [1.29, 1.82) is 0 Å². The van der Waals surface area contributed by atoms with E-state index in [-0.39, 0.29) is 5.82 Å². The first-order valence-corrected chi connectivity index (χ1v) is 7.38. The van der Waals surface area contributed by atoms with E-state index in [1.165, 1.54) is 6.07 Å². The van der Waals surface area contributed by atoms with E-state index in [0.29, 0.717) is 12.6 Å². The fourth-order valence-electron chi connectivity index (χ4n) is 2.22. The van der Waals surface area contributed by atoms with Gasteiger partial charge in [0.2, 0.25) is 0 Å². The predicted molar refractivity (Wildman–Crippen MR) is 77.7 cm³/mol. The van der Waals surface area contributed by atoms with Crippen molar-refractivity contribution in [2.24, 2.45) is 0 Å². The summed E-state index contributed by atoms with van der Waals surface area (Å²) in [5.41, 5.74) is 0.727. The standard InChI is InChI=1S/C14H20BrFN2O/c1-18(6-4-13-10-19-7-5-17-13)9-11-8-12(15)2-3-14(11)16/h2-3,8,13,17H,4-7,9-10H2,1H3. The Morgan fingerprint density at radius 3 is 3.11 bits per heavy atom. The monoisotopic (exact) mass is 330 g/mol. The van der Waals surface area contributed by atoms with Gasteiger partial charge in [-0.15, -0.1) is 0 Å². The van der Waals surface area contributed by atoms with Gasteiger partial charge in [-0.05, 0) is 38.2 Å². The van der Waals surface area contributed by atoms with E-state index in [1.54, 1.807) is 6.07 Å². The van der Waals surface area contributed by atoms with Crippen molar-refractivity contribution in [2.75, 3.05) is 33.4 Å². The molecule has 2 rings (SSSR count). The highest BCUT2D eigenvalue weighted by Crippen LogP contribution is 2.17. The zero-order valence-electron chi connectivity index (χ0n) is 11.2. The summed E-state index contributed by atoms with van der Waals surface area (Å²) < 4.78 is 20.0. The zero-order chi connectivity index (χ0) is 13.7. The van der Waals surface area contributed by atoms with E-state index in [1.807, 2.05) is 13.1 Å². The third kappa shape index (κ3) is 4.84. The Morgan fingerprint density at radius 2 is 2.37 bits per heavy atom. The van der Waals surface area contributed by atoms with Crippen LogP contribution in [0.3, 0.4) is 0 Å². The summed E-state index contributed by atoms with van der Waals surface area (Å²) in [6, 6.07) is 5.49. The first kappa shape index (κ1) is 14.9. The molecule has 0 radical (unpaired) electrons. The second-order valence-corrected chi connectivity index (χ2v) is 5.90. The van der Waals surface area contributed by atoms with Gasteiger partial charge in [0.1, 0.15) is 5.82 Å². The van der Waals surface area contributed by atoms with Crippen LogP contribution in [-0.4, -0.2) is 44.3 Å². The number of hydrogen-bond acceptors (Lipinski definition) is 3. The molecule has 1 N–H and O–H groups in total. The molecule has 1 atom stereocenters. The Bertz CT molecular complexity index is 410. The third-order valence-corrected chi connectivity index (χ3v) is 3.80. The van der Waals surface area contributed by atoms with Crippen LogP contribution in [-0.2, 0) is 11.3 Å². The molecule has 1 aromatic rings. The van der Waals surface area contributed by atoms with E-state index in [4.69, 9.17) is 4.74 Å². The summed E-state index contributed by atoms with van der Waals surface area (Å²) >= 11 is 3.38. The summed E-state index contributed by atoms with van der Waals surface area (Å²) in [5.74, 6) is -0.144. The zero-order valence-corrected chi connectivity index (χ0v) is 12.7. The normalized spacial score (nSPS) is 19.9. The van der Waals surface area contributed by atoms with Crippen LogP contribution in [0.15, 0.2) is 22.7 Å². The second kappa shape index (κ2) is 7.33. The molecule has 1 aliphatic heterocycles. The lowest BCUT2D eigenvalue weighted by molar-refractivity contribution is 0.0707. The van der Waals surface area contributed by atoms with Crippen LogP contribution in [0, 0.1) is 5.82 Å². The SMILES string of the molecule is CN(CCC1COCCN1)Cc1cc(Br)ccc1F. The highest BCUT2D eigenvalue weighted by molar-refractivity contribution is 9.10. The minimum Gasteiger partial charge on any atom is -0.379 e. The van der Waals surface area contributed by atoms with Gasteiger partial charge in [0, 0.05) is 29.2 Å². The molecular formula is C14H20BrFN2O. The van der Waals surface area contributed by atoms with Crippen molar-refractivity contribution in [2.45, 2.75) is 19.0 Å². The molecule has 1 aromatic carbocycles. The van der Waals surface area contributed by atoms with Crippen LogP contribution in [0.25, 0.3) is 0 Å². The van der Waals surface area contributed by atoms with Crippen LogP contribution in [0.4, 0.5) is 4.39 Å². The maximum Gasteiger partial charge on any atom is 0.127 e. The molecule has 106 valence electrons. The van der Waals surface area contributed by atoms with E-state index in [9.17, 15) is 4.39 Å². The van der Waals surface area contributed by atoms with Crippen molar-refractivity contribution >= 4 is 15.9 Å². The molecule has 0 saturated carbocycles. The lowest BCUT2D eigenvalue weighted by atomic mass is 10.1. The Morgan fingerprint density at radius 1 is 1.53 bits per heavy atom. The van der Waals surface area contributed by atoms with Crippen LogP contribution in [0.1, 0.15) is 12.0 Å². The molecule has 0 amide bonds. The highest BCUT2D eigenvalue weighted by Gasteiger charge is 2.14. The average molecular weight is 331 g/mol. The number of nitrogens with zero attached hydrogens (tertiary/aromatic N) is 1. The molecule has 1 saturated heterocycles. The molecule has 0 spiro atoms. The lowest BCUT2D eigenvalue weighted by Gasteiger charge is -2.26. The van der Waals surface area contributed by atoms with Gasteiger partial charge in [-0.2, -0.15) is 0 Å². The van der Waals surface area contributed by atoms with Crippen molar-refractivity contribution in [3.05, 3.63) is 34.1 Å². The first-order chi connectivity index (χ1) is 9.15. The number of ether oxygens (including phenoxy) is 1. The Labute approximate surface area is 122 Å². The van der Waals surface area contributed by atoms with Gasteiger partial charge in [0.25, 0.3) is 0 Å². The Balaban J connectivity index is 1.80. The molecule has 0 aliphatic carbocycles. The number of nitrogens with one attached hydrogen (secondary N) is 1. The van der Waals surface area contributed by atoms with Gasteiger partial charge >= 0.3 is 0 Å². The van der Waals surface area contributed by atoms with E-state index in [2.05, 4.69) is 26.1 Å². The van der Waals surface area contributed by atoms with Gasteiger partial charge in [-0.1, -0.05) is 15.9 Å². The molecule has 1 heterocycles. The smallest absolute Gasteiger partial charge is 0.127 e. The number of hydrogen-bond donors (Lipinski definition) is 1. The lowest BCUT2D eigenvalue weighted by Crippen LogP contribution is -2.42. The van der Waals surface area contributed by atoms with Crippen LogP contribution in [0.2, 0.25) is 0 Å². The van der Waals surface area contributed by atoms with E-state index >= 15 is 0 Å². The van der Waals surface area contributed by atoms with Crippen LogP contribution in [0.5, 0.6) is 0 Å². The molecule has 0 aromatic heterocycles. The number of morpholine rings is 1. The van der Waals surface area contributed by atoms with Crippen LogP contribution >= 0.6 is 15.9 Å². The van der Waals surface area contributed by atoms with Gasteiger partial charge in [0.15, 0.2) is 0 Å². The van der Waals surface area contributed by atoms with Crippen molar-refractivity contribution in [3.8, 4) is 0 Å². The summed E-state index contributed by atoms with van der Waals surface area (Å²) in [4.78, 5) is 2.14. The Kier molecular flexibility index (Phi) is 5.76. The molecule has 1 aliphatic rings. The minimum absolute atomic E-state index is 0.144. The topological polar surface area (TPSA) is 24.5 Å². The Hall–Kier alpha value is -0.490. The number of rotatable bonds is 5. The fourth-order valence-corrected chi connectivity index (χ4v) is 2.62. The first-order valence-electron chi connectivity index (χ1n) is 6.59. The van der Waals surface area contributed by atoms with Crippen molar-refractivity contribution in [1.82, 2.24) is 10.2 Å². The maximum absolute atomic E-state index is 13.6. The summed E-state index contributed by atoms with van der Waals surface area (Å²) in [6.45, 7) is 4.05. The van der Waals surface area contributed by atoms with Crippen molar-refractivity contribution in [3.63, 3.8) is 0 Å². The largest absolute Gasteiger partial charge is 0.379 e. The number of benzene rings is 1. The molecule has 3 nitrogen and oxygen atoms in total. The molecule has 19 heavy (non-hydrogen) atoms. The van der Waals surface area contributed by atoms with Crippen molar-refractivity contribution < 1.29 is 9.13 Å². The second-order valence-electron chi connectivity index (χ2n) is 4.99. The average Bonchev–Trinajstić information content (AvgIpc) is 2.42. The molecule has 0 bridgehead atoms. The van der Waals surface area contributed by atoms with E-state index < -0.39 is 0 Å². The minimum atomic E-state index is -0.144. The maximum atomic E-state index is 13.6. The summed E-state index contributed by atoms with van der Waals surface area (Å²) in [5, 5.41) is 3.43. The molecule has 5 heteroatoms. The van der Waals surface area contributed by atoms with Crippen LogP contribution < -0.4 is 5.32 Å². The third-order valence-electron chi connectivity index (χ3n) is 3.31. The molecule has 1 unspecified atom stereocenters. The fraction of sp³-hybridized carbons (Fsp3) is 0.571. The van der Waals surface area contributed by atoms with Gasteiger partial charge in [-0.3, -0.25) is 0 Å². The summed E-state index contributed by atoms with van der Waals surface area (Å²) in [6.07, 6.45) is 1.02. The van der Waals surface area contributed by atoms with Gasteiger partial charge in [-0.25, -0.2) is 4.39 Å². The molecule has 1 fully saturated rings. The van der Waals surface area contributed by atoms with E-state index in [0.717, 1.165) is 42.8 Å². The van der Waals surface area contributed by atoms with Gasteiger partial charge < -0.3 is 15.0 Å². The predicted octanol–water partition coefficient (Wildman–Crippen LogP) is 2.40. The summed E-state index contributed by atoms with van der Waals surface area (Å²) in [7, 11) is 2.02. The highest BCUT2D eigenvalue weighted by atomic mass is 79.9. The quantitative estimate of drug-likeness (QED) is 0.897. The van der Waals surface area contributed by atoms with Gasteiger partial charge in [0.05, 0.1) is 13.2 Å². The molecular weight excluding hydrogens is 311 g/mol. The number of halogens is 2.